The number of H-pyrrole nitrogens is 1. The molecule has 0 saturated carbocycles. The molecule has 0 amide bonds. The highest BCUT2D eigenvalue weighted by molar-refractivity contribution is 5.87. The Balaban J connectivity index is 1.53. The molecule has 2 atom stereocenters. The van der Waals surface area contributed by atoms with Crippen molar-refractivity contribution in [1.82, 2.24) is 14.8 Å². The fourth-order valence-electron chi connectivity index (χ4n) is 6.26. The Morgan fingerprint density at radius 3 is 2.49 bits per heavy atom. The maximum absolute atomic E-state index is 15.9. The largest absolute Gasteiger partial charge is 0.357 e. The minimum absolute atomic E-state index is 0.202. The first-order valence-electron chi connectivity index (χ1n) is 13.8. The molecule has 1 unspecified atom stereocenters. The Morgan fingerprint density at radius 1 is 1.13 bits per heavy atom. The predicted octanol–water partition coefficient (Wildman–Crippen LogP) is 7.30. The van der Waals surface area contributed by atoms with Gasteiger partial charge in [-0.05, 0) is 67.0 Å². The second-order valence-electron chi connectivity index (χ2n) is 11.2. The van der Waals surface area contributed by atoms with E-state index in [-0.39, 0.29) is 30.6 Å². The lowest BCUT2D eigenvalue weighted by molar-refractivity contribution is -0.0551. The summed E-state index contributed by atoms with van der Waals surface area (Å²) >= 11 is 0. The second kappa shape index (κ2) is 11.0. The summed E-state index contributed by atoms with van der Waals surface area (Å²) in [6, 6.07) is 7.13. The van der Waals surface area contributed by atoms with E-state index in [2.05, 4.69) is 16.5 Å². The molecule has 0 spiro atoms. The van der Waals surface area contributed by atoms with Crippen molar-refractivity contribution in [3.8, 4) is 0 Å². The molecule has 5 rings (SSSR count). The third-order valence-electron chi connectivity index (χ3n) is 8.38. The van der Waals surface area contributed by atoms with Crippen LogP contribution in [0.4, 0.5) is 22.0 Å². The zero-order valence-electron chi connectivity index (χ0n) is 22.6. The number of halogens is 5. The molecule has 0 bridgehead atoms. The van der Waals surface area contributed by atoms with Gasteiger partial charge in [-0.25, -0.2) is 17.6 Å². The summed E-state index contributed by atoms with van der Waals surface area (Å²) in [4.78, 5) is 7.02. The molecule has 8 heteroatoms. The molecule has 0 radical (unpaired) electrons. The zero-order chi connectivity index (χ0) is 27.9. The van der Waals surface area contributed by atoms with E-state index in [1.54, 1.807) is 11.0 Å². The number of benzene rings is 2. The van der Waals surface area contributed by atoms with Crippen LogP contribution in [-0.4, -0.2) is 59.6 Å². The minimum atomic E-state index is -3.00. The third kappa shape index (κ3) is 5.50. The number of nitrogens with one attached hydrogen (secondary N) is 1. The summed E-state index contributed by atoms with van der Waals surface area (Å²) in [7, 11) is 0. The van der Waals surface area contributed by atoms with E-state index < -0.39 is 30.1 Å². The lowest BCUT2D eigenvalue weighted by atomic mass is 9.86. The van der Waals surface area contributed by atoms with Crippen molar-refractivity contribution in [2.24, 2.45) is 5.92 Å². The summed E-state index contributed by atoms with van der Waals surface area (Å²) in [5.41, 5.74) is 3.49. The van der Waals surface area contributed by atoms with E-state index >= 15 is 8.78 Å². The number of aromatic amines is 1. The van der Waals surface area contributed by atoms with E-state index in [9.17, 15) is 13.2 Å². The number of likely N-dealkylation sites (tertiary alicyclic amines) is 1. The smallest absolute Gasteiger partial charge is 0.260 e. The van der Waals surface area contributed by atoms with E-state index in [1.807, 2.05) is 25.1 Å². The van der Waals surface area contributed by atoms with Crippen molar-refractivity contribution in [2.45, 2.75) is 57.5 Å². The van der Waals surface area contributed by atoms with Gasteiger partial charge in [0.05, 0.1) is 19.3 Å². The highest BCUT2D eigenvalue weighted by atomic mass is 19.3. The average Bonchev–Trinajstić information content (AvgIpc) is 3.23. The van der Waals surface area contributed by atoms with Gasteiger partial charge < -0.3 is 9.88 Å². The molecule has 2 aromatic carbocycles. The van der Waals surface area contributed by atoms with E-state index in [1.165, 1.54) is 19.1 Å². The Bertz CT molecular complexity index is 1320. The van der Waals surface area contributed by atoms with Crippen LogP contribution in [0.5, 0.6) is 0 Å². The zero-order valence-corrected chi connectivity index (χ0v) is 22.6. The molecule has 3 heterocycles. The molecule has 2 aliphatic heterocycles. The van der Waals surface area contributed by atoms with Gasteiger partial charge in [0.1, 0.15) is 11.6 Å². The van der Waals surface area contributed by atoms with Gasteiger partial charge in [-0.1, -0.05) is 31.7 Å². The number of rotatable bonds is 10. The summed E-state index contributed by atoms with van der Waals surface area (Å²) in [5, 5.41) is 0.925. The average molecular weight is 546 g/mol. The fraction of sp³-hybridized carbons (Fsp3) is 0.484. The van der Waals surface area contributed by atoms with Crippen LogP contribution in [0.3, 0.4) is 0 Å². The number of alkyl halides is 3. The Morgan fingerprint density at radius 2 is 1.85 bits per heavy atom. The number of nitrogens with zero attached hydrogens (tertiary/aromatic N) is 2. The van der Waals surface area contributed by atoms with Gasteiger partial charge in [0, 0.05) is 54.3 Å². The second-order valence-corrected chi connectivity index (χ2v) is 11.2. The summed E-state index contributed by atoms with van der Waals surface area (Å²) < 4.78 is 73.7. The molecule has 1 saturated heterocycles. The van der Waals surface area contributed by atoms with Crippen molar-refractivity contribution in [1.29, 1.82) is 0 Å². The Kier molecular flexibility index (Phi) is 7.89. The minimum Gasteiger partial charge on any atom is -0.357 e. The van der Waals surface area contributed by atoms with E-state index in [0.717, 1.165) is 35.1 Å². The molecule has 3 aromatic rings. The first-order chi connectivity index (χ1) is 18.6. The van der Waals surface area contributed by atoms with E-state index in [4.69, 9.17) is 0 Å². The standard InChI is InChI=1S/C31H36F5N3/c1-4-20-7-8-23-24-11-19(3)39(18-31(35,36)5-2)30(29(24)37-27(23)15-20)28-25(33)13-21(14-26(28)34)12-22-16-38(17-22)10-6-9-32/h4,7-8,13-15,19,22,30,37H,1,5-6,9-12,16-18H2,2-3H3/t19-,30?/m1/s1. The van der Waals surface area contributed by atoms with E-state index in [0.29, 0.717) is 37.1 Å². The maximum atomic E-state index is 15.9. The SMILES string of the molecule is C=Cc1ccc2c3c([nH]c2c1)C(c1c(F)cc(CC2CN(CCCF)C2)cc1F)N(CC(F)(F)CC)[C@H](C)C3. The molecule has 39 heavy (non-hydrogen) atoms. The highest BCUT2D eigenvalue weighted by Gasteiger charge is 2.43. The molecule has 2 aliphatic rings. The summed E-state index contributed by atoms with van der Waals surface area (Å²) in [5.74, 6) is -4.20. The topological polar surface area (TPSA) is 22.3 Å². The van der Waals surface area contributed by atoms with Crippen LogP contribution in [0.15, 0.2) is 36.9 Å². The van der Waals surface area contributed by atoms with Crippen molar-refractivity contribution in [2.75, 3.05) is 32.9 Å². The number of aromatic nitrogens is 1. The van der Waals surface area contributed by atoms with Crippen LogP contribution in [0.1, 0.15) is 60.7 Å². The van der Waals surface area contributed by atoms with Gasteiger partial charge >= 0.3 is 0 Å². The molecule has 3 nitrogen and oxygen atoms in total. The van der Waals surface area contributed by atoms with Crippen LogP contribution in [-0.2, 0) is 12.8 Å². The number of fused-ring (bicyclic) bond motifs is 3. The monoisotopic (exact) mass is 545 g/mol. The van der Waals surface area contributed by atoms with Crippen molar-refractivity contribution >= 4 is 17.0 Å². The summed E-state index contributed by atoms with van der Waals surface area (Å²) in [6.45, 7) is 8.36. The van der Waals surface area contributed by atoms with Gasteiger partial charge in [-0.15, -0.1) is 0 Å². The normalized spacial score (nSPS) is 20.8. The molecule has 1 aromatic heterocycles. The van der Waals surface area contributed by atoms with Gasteiger partial charge in [0.2, 0.25) is 0 Å². The molecule has 1 fully saturated rings. The first kappa shape index (κ1) is 27.8. The highest BCUT2D eigenvalue weighted by Crippen LogP contribution is 2.44. The maximum Gasteiger partial charge on any atom is 0.260 e. The number of hydrogen-bond acceptors (Lipinski definition) is 2. The lowest BCUT2D eigenvalue weighted by Gasteiger charge is -2.42. The van der Waals surface area contributed by atoms with Crippen LogP contribution >= 0.6 is 0 Å². The molecule has 210 valence electrons. The van der Waals surface area contributed by atoms with Crippen molar-refractivity contribution in [3.05, 3.63) is 76.5 Å². The van der Waals surface area contributed by atoms with Crippen LogP contribution in [0, 0.1) is 17.6 Å². The van der Waals surface area contributed by atoms with Crippen LogP contribution in [0.2, 0.25) is 0 Å². The van der Waals surface area contributed by atoms with Crippen LogP contribution in [0.25, 0.3) is 17.0 Å². The fourth-order valence-corrected chi connectivity index (χ4v) is 6.26. The molecular formula is C31H36F5N3. The summed E-state index contributed by atoms with van der Waals surface area (Å²) in [6.07, 6.45) is 2.84. The quantitative estimate of drug-likeness (QED) is 0.270. The van der Waals surface area contributed by atoms with Gasteiger partial charge in [-0.3, -0.25) is 9.29 Å². The van der Waals surface area contributed by atoms with Crippen molar-refractivity contribution in [3.63, 3.8) is 0 Å². The Labute approximate surface area is 226 Å². The van der Waals surface area contributed by atoms with Crippen LogP contribution < -0.4 is 0 Å². The third-order valence-corrected chi connectivity index (χ3v) is 8.38. The molecule has 1 N–H and O–H groups in total. The first-order valence-corrected chi connectivity index (χ1v) is 13.8. The predicted molar refractivity (Wildman–Crippen MR) is 146 cm³/mol. The molecular weight excluding hydrogens is 509 g/mol. The van der Waals surface area contributed by atoms with Crippen molar-refractivity contribution < 1.29 is 22.0 Å². The Hall–Kier alpha value is -2.71. The van der Waals surface area contributed by atoms with Gasteiger partial charge in [0.25, 0.3) is 5.92 Å². The molecule has 0 aliphatic carbocycles. The van der Waals surface area contributed by atoms with Gasteiger partial charge in [0.15, 0.2) is 0 Å². The van der Waals surface area contributed by atoms with Gasteiger partial charge in [-0.2, -0.15) is 0 Å². The lowest BCUT2D eigenvalue weighted by Crippen LogP contribution is -2.48. The number of hydrogen-bond donors (Lipinski definition) is 1.